The number of carbonyl (C=O) groups excluding carboxylic acids is 1. The Morgan fingerprint density at radius 1 is 1.44 bits per heavy atom. The van der Waals surface area contributed by atoms with Gasteiger partial charge in [-0.15, -0.1) is 0 Å². The molecule has 0 aliphatic carbocycles. The fourth-order valence-electron chi connectivity index (χ4n) is 1.77. The number of ether oxygens (including phenoxy) is 1. The molecule has 0 spiro atoms. The van der Waals surface area contributed by atoms with Gasteiger partial charge in [0.15, 0.2) is 5.82 Å². The zero-order chi connectivity index (χ0) is 11.1. The Morgan fingerprint density at radius 2 is 2.31 bits per heavy atom. The minimum Gasteiger partial charge on any atom is -0.467 e. The summed E-state index contributed by atoms with van der Waals surface area (Å²) >= 11 is 0. The van der Waals surface area contributed by atoms with E-state index in [1.807, 2.05) is 11.0 Å². The minimum atomic E-state index is -0.435. The van der Waals surface area contributed by atoms with Crippen LogP contribution in [0.3, 0.4) is 0 Å². The van der Waals surface area contributed by atoms with Crippen molar-refractivity contribution < 1.29 is 9.53 Å². The molecular weight excluding hydrogens is 206 g/mol. The van der Waals surface area contributed by atoms with Crippen LogP contribution in [0.25, 0.3) is 0 Å². The number of anilines is 2. The van der Waals surface area contributed by atoms with E-state index in [1.165, 1.54) is 0 Å². The van der Waals surface area contributed by atoms with Crippen LogP contribution in [0, 0.1) is 0 Å². The van der Waals surface area contributed by atoms with E-state index in [0.29, 0.717) is 5.56 Å². The van der Waals surface area contributed by atoms with Crippen LogP contribution < -0.4 is 16.0 Å². The quantitative estimate of drug-likeness (QED) is 0.741. The zero-order valence-electron chi connectivity index (χ0n) is 8.31. The fourth-order valence-corrected chi connectivity index (χ4v) is 1.77. The summed E-state index contributed by atoms with van der Waals surface area (Å²) in [5.74, 6) is 0.384. The first-order valence-electron chi connectivity index (χ1n) is 4.78. The summed E-state index contributed by atoms with van der Waals surface area (Å²) in [6.07, 6.45) is 4.99. The molecule has 0 aromatic heterocycles. The first-order valence-corrected chi connectivity index (χ1v) is 4.78. The van der Waals surface area contributed by atoms with Crippen molar-refractivity contribution in [2.24, 2.45) is 5.73 Å². The van der Waals surface area contributed by atoms with Crippen molar-refractivity contribution in [3.63, 3.8) is 0 Å². The Hall–Kier alpha value is -2.43. The number of carbonyl (C=O) groups is 1. The second-order valence-electron chi connectivity index (χ2n) is 3.52. The van der Waals surface area contributed by atoms with Gasteiger partial charge in [0.1, 0.15) is 12.5 Å². The Bertz CT molecular complexity index is 534. The monoisotopic (exact) mass is 215 g/mol. The highest BCUT2D eigenvalue weighted by atomic mass is 16.5. The molecule has 0 unspecified atom stereocenters. The zero-order valence-corrected chi connectivity index (χ0v) is 8.31. The summed E-state index contributed by atoms with van der Waals surface area (Å²) in [7, 11) is 0. The highest BCUT2D eigenvalue weighted by molar-refractivity contribution is 5.96. The maximum Gasteiger partial charge on any atom is 0.248 e. The van der Waals surface area contributed by atoms with Crippen molar-refractivity contribution in [3.05, 3.63) is 48.3 Å². The number of fused-ring (bicyclic) bond motifs is 3. The van der Waals surface area contributed by atoms with Gasteiger partial charge in [0, 0.05) is 11.8 Å². The third kappa shape index (κ3) is 1.15. The Morgan fingerprint density at radius 3 is 3.12 bits per heavy atom. The third-order valence-corrected chi connectivity index (χ3v) is 2.53. The van der Waals surface area contributed by atoms with Gasteiger partial charge in [0.2, 0.25) is 5.91 Å². The van der Waals surface area contributed by atoms with E-state index in [0.717, 1.165) is 17.2 Å². The number of nitrogens with one attached hydrogen (secondary N) is 1. The number of primary amides is 1. The number of nitrogens with zero attached hydrogens (tertiary/aromatic N) is 1. The number of amides is 1. The smallest absolute Gasteiger partial charge is 0.248 e. The Kier molecular flexibility index (Phi) is 1.67. The van der Waals surface area contributed by atoms with Gasteiger partial charge in [-0.25, -0.2) is 0 Å². The molecule has 5 heteroatoms. The van der Waals surface area contributed by atoms with E-state index in [2.05, 4.69) is 5.32 Å². The lowest BCUT2D eigenvalue weighted by atomic mass is 10.1. The van der Waals surface area contributed by atoms with Crippen LogP contribution in [0.4, 0.5) is 11.4 Å². The molecule has 0 radical (unpaired) electrons. The van der Waals surface area contributed by atoms with E-state index in [-0.39, 0.29) is 0 Å². The summed E-state index contributed by atoms with van der Waals surface area (Å²) in [6, 6.07) is 5.28. The fraction of sp³-hybridized carbons (Fsp3) is 0. The van der Waals surface area contributed by atoms with Crippen LogP contribution in [-0.2, 0) is 4.74 Å². The van der Waals surface area contributed by atoms with Crippen molar-refractivity contribution in [2.75, 3.05) is 10.2 Å². The van der Waals surface area contributed by atoms with Gasteiger partial charge in [-0.2, -0.15) is 0 Å². The predicted molar refractivity (Wildman–Crippen MR) is 59.4 cm³/mol. The number of benzene rings is 1. The summed E-state index contributed by atoms with van der Waals surface area (Å²) < 4.78 is 5.05. The molecule has 2 heterocycles. The molecule has 2 aliphatic heterocycles. The summed E-state index contributed by atoms with van der Waals surface area (Å²) in [6.45, 7) is 0. The number of hydrogen-bond donors (Lipinski definition) is 2. The van der Waals surface area contributed by atoms with Gasteiger partial charge in [-0.1, -0.05) is 0 Å². The molecule has 0 saturated carbocycles. The lowest BCUT2D eigenvalue weighted by Gasteiger charge is -2.16. The highest BCUT2D eigenvalue weighted by Crippen LogP contribution is 2.38. The van der Waals surface area contributed by atoms with Crippen molar-refractivity contribution in [2.45, 2.75) is 0 Å². The average molecular weight is 215 g/mol. The van der Waals surface area contributed by atoms with Crippen LogP contribution in [0.15, 0.2) is 42.7 Å². The summed E-state index contributed by atoms with van der Waals surface area (Å²) in [5.41, 5.74) is 7.52. The van der Waals surface area contributed by atoms with Gasteiger partial charge in [0.25, 0.3) is 0 Å². The molecule has 0 fully saturated rings. The predicted octanol–water partition coefficient (Wildman–Crippen LogP) is 1.32. The van der Waals surface area contributed by atoms with Crippen molar-refractivity contribution in [3.8, 4) is 0 Å². The van der Waals surface area contributed by atoms with Crippen LogP contribution in [0.1, 0.15) is 10.4 Å². The molecule has 1 aromatic carbocycles. The standard InChI is InChI=1S/C11H9N3O2/c12-11(15)7-1-2-9-8(5-7)13-10-6-16-4-3-14(9)10/h1-6,13H,(H2,12,15). The molecule has 3 N–H and O–H groups in total. The SMILES string of the molecule is NC(=O)c1ccc2c(c1)NC1=COC=CN12. The highest BCUT2D eigenvalue weighted by Gasteiger charge is 2.24. The normalized spacial score (nSPS) is 15.8. The van der Waals surface area contributed by atoms with Crippen molar-refractivity contribution in [1.82, 2.24) is 0 Å². The topological polar surface area (TPSA) is 67.6 Å². The van der Waals surface area contributed by atoms with Gasteiger partial charge >= 0.3 is 0 Å². The van der Waals surface area contributed by atoms with Crippen LogP contribution in [0.5, 0.6) is 0 Å². The molecule has 80 valence electrons. The lowest BCUT2D eigenvalue weighted by Crippen LogP contribution is -2.15. The molecule has 16 heavy (non-hydrogen) atoms. The van der Waals surface area contributed by atoms with E-state index in [4.69, 9.17) is 10.5 Å². The summed E-state index contributed by atoms with van der Waals surface area (Å²) in [5, 5.41) is 3.13. The van der Waals surface area contributed by atoms with E-state index in [1.54, 1.807) is 30.9 Å². The molecule has 0 saturated heterocycles. The van der Waals surface area contributed by atoms with Crippen LogP contribution >= 0.6 is 0 Å². The molecule has 1 amide bonds. The van der Waals surface area contributed by atoms with E-state index in [9.17, 15) is 4.79 Å². The summed E-state index contributed by atoms with van der Waals surface area (Å²) in [4.78, 5) is 13.0. The molecule has 3 rings (SSSR count). The first-order chi connectivity index (χ1) is 7.75. The van der Waals surface area contributed by atoms with Gasteiger partial charge in [-0.3, -0.25) is 9.69 Å². The second kappa shape index (κ2) is 3.03. The van der Waals surface area contributed by atoms with Crippen molar-refractivity contribution >= 4 is 17.3 Å². The first kappa shape index (κ1) is 8.84. The maximum atomic E-state index is 11.0. The molecule has 0 bridgehead atoms. The largest absolute Gasteiger partial charge is 0.467 e. The maximum absolute atomic E-state index is 11.0. The Labute approximate surface area is 91.8 Å². The molecule has 0 atom stereocenters. The minimum absolute atomic E-state index is 0.435. The number of rotatable bonds is 1. The van der Waals surface area contributed by atoms with Crippen LogP contribution in [0.2, 0.25) is 0 Å². The third-order valence-electron chi connectivity index (χ3n) is 2.53. The van der Waals surface area contributed by atoms with Crippen LogP contribution in [-0.4, -0.2) is 5.91 Å². The number of nitrogens with two attached hydrogens (primary N) is 1. The van der Waals surface area contributed by atoms with Gasteiger partial charge in [-0.05, 0) is 18.2 Å². The van der Waals surface area contributed by atoms with E-state index >= 15 is 0 Å². The Balaban J connectivity index is 2.09. The molecule has 1 aromatic rings. The number of hydrogen-bond acceptors (Lipinski definition) is 4. The molecule has 2 aliphatic rings. The van der Waals surface area contributed by atoms with Crippen molar-refractivity contribution in [1.29, 1.82) is 0 Å². The second-order valence-corrected chi connectivity index (χ2v) is 3.52. The average Bonchev–Trinajstić information content (AvgIpc) is 2.66. The molecule has 5 nitrogen and oxygen atoms in total. The lowest BCUT2D eigenvalue weighted by molar-refractivity contribution is 0.100. The van der Waals surface area contributed by atoms with Gasteiger partial charge in [0.05, 0.1) is 11.4 Å². The molecular formula is C11H9N3O2. The van der Waals surface area contributed by atoms with Gasteiger partial charge < -0.3 is 15.8 Å². The van der Waals surface area contributed by atoms with E-state index < -0.39 is 5.91 Å².